The van der Waals surface area contributed by atoms with Crippen LogP contribution >= 0.6 is 0 Å². The van der Waals surface area contributed by atoms with Gasteiger partial charge >= 0.3 is 0 Å². The van der Waals surface area contributed by atoms with Crippen LogP contribution in [-0.2, 0) is 16.8 Å². The summed E-state index contributed by atoms with van der Waals surface area (Å²) >= 11 is 0. The molecule has 0 saturated heterocycles. The Bertz CT molecular complexity index is 255. The summed E-state index contributed by atoms with van der Waals surface area (Å²) in [6.45, 7) is 22.8. The largest absolute Gasteiger partial charge is 0.681 e. The van der Waals surface area contributed by atoms with E-state index in [0.29, 0.717) is 18.8 Å². The molecule has 0 aromatic rings. The second-order valence-electron chi connectivity index (χ2n) is 7.14. The maximum atomic E-state index is 4.65. The average Bonchev–Trinajstić information content (AvgIpc) is 2.51. The Kier molecular flexibility index (Phi) is 22.9. The number of hydrogen-bond acceptors (Lipinski definition) is 1. The second kappa shape index (κ2) is 19.1. The summed E-state index contributed by atoms with van der Waals surface area (Å²) in [7, 11) is 1.88. The molecule has 6 heteroatoms. The molecular weight excluding hydrogens is 357 g/mol. The zero-order valence-corrected chi connectivity index (χ0v) is 19.2. The van der Waals surface area contributed by atoms with E-state index in [2.05, 4.69) is 74.6 Å². The molecule has 0 amide bonds. The monoisotopic (exact) mass is 400 g/mol. The maximum Gasteiger partial charge on any atom is 0 e. The number of rotatable bonds is 12. The third-order valence-corrected chi connectivity index (χ3v) is 3.74. The van der Waals surface area contributed by atoms with Crippen molar-refractivity contribution < 1.29 is 16.8 Å². The van der Waals surface area contributed by atoms with Gasteiger partial charge in [0.05, 0.1) is 0 Å². The number of nitrogens with zero attached hydrogens (tertiary/aromatic N) is 5. The van der Waals surface area contributed by atoms with Gasteiger partial charge in [-0.3, -0.25) is 6.67 Å². The topological polar surface area (TPSA) is 59.6 Å². The van der Waals surface area contributed by atoms with Crippen LogP contribution < -0.4 is 0 Å². The van der Waals surface area contributed by atoms with Gasteiger partial charge in [0.25, 0.3) is 0 Å². The van der Waals surface area contributed by atoms with Crippen LogP contribution in [0.25, 0.3) is 21.3 Å². The number of likely N-dealkylation sites (N-methyl/N-ethyl adjacent to an activating group) is 1. The Morgan fingerprint density at radius 1 is 0.960 bits per heavy atom. The van der Waals surface area contributed by atoms with E-state index in [0.717, 1.165) is 39.1 Å². The van der Waals surface area contributed by atoms with Crippen molar-refractivity contribution in [1.29, 1.82) is 0 Å². The predicted octanol–water partition coefficient (Wildman–Crippen LogP) is 5.38. The van der Waals surface area contributed by atoms with Crippen LogP contribution in [-0.4, -0.2) is 69.0 Å². The van der Waals surface area contributed by atoms with Crippen molar-refractivity contribution in [3.8, 4) is 0 Å². The summed E-state index contributed by atoms with van der Waals surface area (Å²) in [5.41, 5.74) is 0.0820. The van der Waals surface area contributed by atoms with Gasteiger partial charge in [0.1, 0.15) is 0 Å². The smallest absolute Gasteiger partial charge is 0 e. The van der Waals surface area contributed by atoms with E-state index in [9.17, 15) is 0 Å². The minimum Gasteiger partial charge on any atom is -0.681 e. The van der Waals surface area contributed by atoms with Crippen molar-refractivity contribution in [2.24, 2.45) is 0 Å². The van der Waals surface area contributed by atoms with Crippen molar-refractivity contribution in [3.05, 3.63) is 21.3 Å². The molecule has 0 aromatic heterocycles. The van der Waals surface area contributed by atoms with Gasteiger partial charge in [-0.2, -0.15) is 13.6 Å². The summed E-state index contributed by atoms with van der Waals surface area (Å²) in [5, 5.41) is 17.2. The van der Waals surface area contributed by atoms with Gasteiger partial charge in [0, 0.05) is 16.8 Å². The van der Waals surface area contributed by atoms with E-state index in [4.69, 9.17) is 0 Å². The summed E-state index contributed by atoms with van der Waals surface area (Å²) < 4.78 is 0. The van der Waals surface area contributed by atoms with E-state index >= 15 is 0 Å². The molecule has 0 bridgehead atoms. The second-order valence-corrected chi connectivity index (χ2v) is 7.14. The fraction of sp³-hybridized carbons (Fsp3) is 1.00. The summed E-state index contributed by atoms with van der Waals surface area (Å²) in [4.78, 5) is 2.41. The molecule has 1 radical (unpaired) electrons. The normalized spacial score (nSPS) is 13.7. The van der Waals surface area contributed by atoms with Crippen LogP contribution in [0.15, 0.2) is 0 Å². The third kappa shape index (κ3) is 24.3. The van der Waals surface area contributed by atoms with Crippen LogP contribution in [0.5, 0.6) is 0 Å². The van der Waals surface area contributed by atoms with Crippen LogP contribution in [0.3, 0.4) is 0 Å². The van der Waals surface area contributed by atoms with Gasteiger partial charge in [-0.1, -0.05) is 61.8 Å². The Labute approximate surface area is 169 Å². The summed E-state index contributed by atoms with van der Waals surface area (Å²) in [5.74, 6) is 0. The van der Waals surface area contributed by atoms with Crippen molar-refractivity contribution >= 4 is 0 Å². The van der Waals surface area contributed by atoms with Gasteiger partial charge < -0.3 is 26.2 Å². The van der Waals surface area contributed by atoms with E-state index in [1.165, 1.54) is 0 Å². The molecule has 0 aromatic carbocycles. The first-order valence-corrected chi connectivity index (χ1v) is 9.49. The molecule has 2 atom stereocenters. The summed E-state index contributed by atoms with van der Waals surface area (Å²) in [6.07, 6.45) is 1.08. The van der Waals surface area contributed by atoms with Crippen molar-refractivity contribution in [2.45, 2.75) is 79.4 Å². The fourth-order valence-corrected chi connectivity index (χ4v) is 2.00. The molecular formula is C19H43CoN5-4. The van der Waals surface area contributed by atoms with Crippen LogP contribution in [0.1, 0.15) is 61.8 Å². The van der Waals surface area contributed by atoms with Gasteiger partial charge in [-0.25, -0.2) is 0 Å². The van der Waals surface area contributed by atoms with Gasteiger partial charge in [-0.15, -0.1) is 24.2 Å². The Hall–Kier alpha value is 0.306. The van der Waals surface area contributed by atoms with Crippen LogP contribution in [0.2, 0.25) is 0 Å². The van der Waals surface area contributed by atoms with Gasteiger partial charge in [0.2, 0.25) is 0 Å². The molecule has 0 aliphatic carbocycles. The first-order chi connectivity index (χ1) is 11.2. The van der Waals surface area contributed by atoms with Crippen molar-refractivity contribution in [2.75, 3.05) is 46.4 Å². The molecule has 5 nitrogen and oxygen atoms in total. The first kappa shape index (κ1) is 30.0. The minimum atomic E-state index is 0. The van der Waals surface area contributed by atoms with Crippen molar-refractivity contribution in [3.63, 3.8) is 0 Å². The quantitative estimate of drug-likeness (QED) is 0.406. The average molecular weight is 401 g/mol. The van der Waals surface area contributed by atoms with Crippen molar-refractivity contribution in [1.82, 2.24) is 4.90 Å². The summed E-state index contributed by atoms with van der Waals surface area (Å²) in [6, 6.07) is 0.886. The molecule has 0 aliphatic rings. The molecule has 0 aliphatic heterocycles. The van der Waals surface area contributed by atoms with E-state index < -0.39 is 0 Å². The van der Waals surface area contributed by atoms with Gasteiger partial charge in [-0.05, 0) is 19.6 Å². The van der Waals surface area contributed by atoms with Crippen LogP contribution in [0, 0.1) is 0 Å². The Balaban J connectivity index is -0.000000418. The predicted molar refractivity (Wildman–Crippen MR) is 111 cm³/mol. The zero-order valence-electron chi connectivity index (χ0n) is 18.2. The fourth-order valence-electron chi connectivity index (χ4n) is 2.00. The first-order valence-electron chi connectivity index (χ1n) is 9.49. The van der Waals surface area contributed by atoms with E-state index in [1.54, 1.807) is 0 Å². The molecule has 25 heavy (non-hydrogen) atoms. The van der Waals surface area contributed by atoms with Crippen LogP contribution in [0.4, 0.5) is 0 Å². The Morgan fingerprint density at radius 2 is 1.52 bits per heavy atom. The molecule has 0 heterocycles. The maximum absolute atomic E-state index is 4.65. The third-order valence-electron chi connectivity index (χ3n) is 3.74. The molecule has 157 valence electrons. The van der Waals surface area contributed by atoms with E-state index in [1.807, 2.05) is 14.0 Å². The Morgan fingerprint density at radius 3 is 1.92 bits per heavy atom. The molecule has 0 spiro atoms. The molecule has 0 N–H and O–H groups in total. The molecule has 0 rings (SSSR count). The SMILES string of the molecule is CCN(CC)CC[N-]C(C)CC(C)[N-]C.CC[N-]C[N-]C(C)(C)C.[Co]. The standard InChI is InChI=1S/C12H27N3.C7H16N2.Co/c1-6-15(7-2)9-8-14-12(4)10-11(3)13-5;1-5-8-6-9-7(2,3)4;/h11-12H,6-10H2,1-5H3;5-6H2,1-4H3;/q2*-2;. The number of hydrogen-bond donors (Lipinski definition) is 0. The van der Waals surface area contributed by atoms with Gasteiger partial charge in [0.15, 0.2) is 0 Å². The molecule has 0 saturated carbocycles. The minimum absolute atomic E-state index is 0. The molecule has 2 unspecified atom stereocenters. The molecule has 0 fully saturated rings. The zero-order chi connectivity index (χ0) is 19.0. The van der Waals surface area contributed by atoms with E-state index in [-0.39, 0.29) is 22.3 Å².